The summed E-state index contributed by atoms with van der Waals surface area (Å²) < 4.78 is 10.8. The van der Waals surface area contributed by atoms with Gasteiger partial charge in [0.2, 0.25) is 5.89 Å². The SMILES string of the molecule is CCCNCc1nnc(NCc2ccc(C)o2)o1. The molecule has 2 N–H and O–H groups in total. The Hall–Kier alpha value is -1.82. The van der Waals surface area contributed by atoms with Gasteiger partial charge in [0.15, 0.2) is 0 Å². The summed E-state index contributed by atoms with van der Waals surface area (Å²) in [5.74, 6) is 2.32. The lowest BCUT2D eigenvalue weighted by atomic mass is 10.4. The Morgan fingerprint density at radius 3 is 2.78 bits per heavy atom. The molecule has 0 unspecified atom stereocenters. The van der Waals surface area contributed by atoms with Crippen LogP contribution in [-0.4, -0.2) is 16.7 Å². The maximum Gasteiger partial charge on any atom is 0.315 e. The minimum Gasteiger partial charge on any atom is -0.465 e. The van der Waals surface area contributed by atoms with Crippen LogP contribution in [0.25, 0.3) is 0 Å². The topological polar surface area (TPSA) is 76.1 Å². The first-order valence-electron chi connectivity index (χ1n) is 6.10. The van der Waals surface area contributed by atoms with Crippen molar-refractivity contribution >= 4 is 6.01 Å². The van der Waals surface area contributed by atoms with Gasteiger partial charge >= 0.3 is 6.01 Å². The average molecular weight is 250 g/mol. The van der Waals surface area contributed by atoms with Crippen molar-refractivity contribution in [1.82, 2.24) is 15.5 Å². The van der Waals surface area contributed by atoms with E-state index in [4.69, 9.17) is 8.83 Å². The van der Waals surface area contributed by atoms with E-state index in [1.165, 1.54) is 0 Å². The van der Waals surface area contributed by atoms with Gasteiger partial charge in [-0.05, 0) is 32.0 Å². The summed E-state index contributed by atoms with van der Waals surface area (Å²) in [5.41, 5.74) is 0. The van der Waals surface area contributed by atoms with Gasteiger partial charge in [0, 0.05) is 0 Å². The smallest absolute Gasteiger partial charge is 0.315 e. The number of hydrogen-bond donors (Lipinski definition) is 2. The van der Waals surface area contributed by atoms with Crippen LogP contribution in [0.15, 0.2) is 21.0 Å². The Labute approximate surface area is 106 Å². The predicted molar refractivity (Wildman–Crippen MR) is 67.1 cm³/mol. The van der Waals surface area contributed by atoms with E-state index in [1.54, 1.807) is 0 Å². The predicted octanol–water partition coefficient (Wildman–Crippen LogP) is 2.08. The van der Waals surface area contributed by atoms with Gasteiger partial charge in [0.05, 0.1) is 13.1 Å². The Balaban J connectivity index is 1.79. The second-order valence-corrected chi connectivity index (χ2v) is 4.04. The van der Waals surface area contributed by atoms with Crippen molar-refractivity contribution < 1.29 is 8.83 Å². The summed E-state index contributed by atoms with van der Waals surface area (Å²) >= 11 is 0. The normalized spacial score (nSPS) is 10.8. The number of furan rings is 1. The van der Waals surface area contributed by atoms with E-state index in [2.05, 4.69) is 27.8 Å². The molecule has 2 heterocycles. The zero-order valence-electron chi connectivity index (χ0n) is 10.7. The van der Waals surface area contributed by atoms with Crippen molar-refractivity contribution in [1.29, 1.82) is 0 Å². The highest BCUT2D eigenvalue weighted by Crippen LogP contribution is 2.10. The van der Waals surface area contributed by atoms with Crippen LogP contribution in [0.1, 0.15) is 30.8 Å². The van der Waals surface area contributed by atoms with E-state index in [-0.39, 0.29) is 0 Å². The third-order valence-corrected chi connectivity index (χ3v) is 2.38. The molecular weight excluding hydrogens is 232 g/mol. The van der Waals surface area contributed by atoms with Gasteiger partial charge in [-0.3, -0.25) is 0 Å². The van der Waals surface area contributed by atoms with Gasteiger partial charge < -0.3 is 19.5 Å². The number of hydrogen-bond acceptors (Lipinski definition) is 6. The summed E-state index contributed by atoms with van der Waals surface area (Å²) in [6.45, 7) is 6.10. The summed E-state index contributed by atoms with van der Waals surface area (Å²) in [6, 6.07) is 4.25. The van der Waals surface area contributed by atoms with Gasteiger partial charge in [-0.15, -0.1) is 5.10 Å². The second kappa shape index (κ2) is 6.20. The van der Waals surface area contributed by atoms with Crippen molar-refractivity contribution in [3.8, 4) is 0 Å². The monoisotopic (exact) mass is 250 g/mol. The Kier molecular flexibility index (Phi) is 4.35. The van der Waals surface area contributed by atoms with E-state index >= 15 is 0 Å². The lowest BCUT2D eigenvalue weighted by Gasteiger charge is -1.98. The number of aryl methyl sites for hydroxylation is 1. The molecule has 2 aromatic rings. The molecule has 0 aliphatic rings. The summed E-state index contributed by atoms with van der Waals surface area (Å²) in [6.07, 6.45) is 1.08. The lowest BCUT2D eigenvalue weighted by molar-refractivity contribution is 0.466. The highest BCUT2D eigenvalue weighted by molar-refractivity contribution is 5.19. The number of rotatable bonds is 7. The molecular formula is C12H18N4O2. The number of anilines is 1. The average Bonchev–Trinajstić information content (AvgIpc) is 2.96. The Morgan fingerprint density at radius 1 is 1.17 bits per heavy atom. The lowest BCUT2D eigenvalue weighted by Crippen LogP contribution is -2.13. The minimum atomic E-state index is 0.414. The van der Waals surface area contributed by atoms with Crippen LogP contribution in [0.4, 0.5) is 6.01 Å². The standard InChI is InChI=1S/C12H18N4O2/c1-3-6-13-8-11-15-16-12(18-11)14-7-10-5-4-9(2)17-10/h4-5,13H,3,6-8H2,1-2H3,(H,14,16). The zero-order chi connectivity index (χ0) is 12.8. The zero-order valence-corrected chi connectivity index (χ0v) is 10.7. The van der Waals surface area contributed by atoms with Crippen LogP contribution in [0.3, 0.4) is 0 Å². The van der Waals surface area contributed by atoms with Crippen LogP contribution in [-0.2, 0) is 13.1 Å². The van der Waals surface area contributed by atoms with Crippen LogP contribution < -0.4 is 10.6 Å². The number of nitrogens with zero attached hydrogens (tertiary/aromatic N) is 2. The van der Waals surface area contributed by atoms with Gasteiger partial charge in [-0.25, -0.2) is 0 Å². The Bertz CT molecular complexity index is 478. The second-order valence-electron chi connectivity index (χ2n) is 4.04. The highest BCUT2D eigenvalue weighted by Gasteiger charge is 2.06. The van der Waals surface area contributed by atoms with E-state index in [9.17, 15) is 0 Å². The summed E-state index contributed by atoms with van der Waals surface area (Å²) in [5, 5.41) is 14.1. The number of nitrogens with one attached hydrogen (secondary N) is 2. The van der Waals surface area contributed by atoms with Crippen molar-refractivity contribution in [2.24, 2.45) is 0 Å². The van der Waals surface area contributed by atoms with Crippen molar-refractivity contribution in [2.75, 3.05) is 11.9 Å². The third kappa shape index (κ3) is 3.59. The van der Waals surface area contributed by atoms with Crippen LogP contribution >= 0.6 is 0 Å². The molecule has 0 radical (unpaired) electrons. The van der Waals surface area contributed by atoms with Crippen molar-refractivity contribution in [3.05, 3.63) is 29.5 Å². The molecule has 0 aliphatic carbocycles. The largest absolute Gasteiger partial charge is 0.465 e. The summed E-state index contributed by atoms with van der Waals surface area (Å²) in [7, 11) is 0. The van der Waals surface area contributed by atoms with E-state index in [0.717, 1.165) is 24.5 Å². The fourth-order valence-electron chi connectivity index (χ4n) is 1.51. The minimum absolute atomic E-state index is 0.414. The van der Waals surface area contributed by atoms with E-state index in [0.29, 0.717) is 25.0 Å². The third-order valence-electron chi connectivity index (χ3n) is 2.38. The molecule has 18 heavy (non-hydrogen) atoms. The molecule has 98 valence electrons. The molecule has 0 saturated heterocycles. The van der Waals surface area contributed by atoms with E-state index < -0.39 is 0 Å². The van der Waals surface area contributed by atoms with Crippen molar-refractivity contribution in [3.63, 3.8) is 0 Å². The fourth-order valence-corrected chi connectivity index (χ4v) is 1.51. The van der Waals surface area contributed by atoms with E-state index in [1.807, 2.05) is 19.1 Å². The molecule has 0 spiro atoms. The van der Waals surface area contributed by atoms with Gasteiger partial charge in [0.25, 0.3) is 0 Å². The molecule has 6 heteroatoms. The molecule has 0 fully saturated rings. The Morgan fingerprint density at radius 2 is 2.06 bits per heavy atom. The van der Waals surface area contributed by atoms with Crippen LogP contribution in [0, 0.1) is 6.92 Å². The molecule has 0 amide bonds. The first kappa shape index (κ1) is 12.6. The fraction of sp³-hybridized carbons (Fsp3) is 0.500. The molecule has 0 aliphatic heterocycles. The molecule has 2 aromatic heterocycles. The van der Waals surface area contributed by atoms with Gasteiger partial charge in [-0.2, -0.15) is 0 Å². The van der Waals surface area contributed by atoms with Gasteiger partial charge in [0.1, 0.15) is 11.5 Å². The first-order valence-corrected chi connectivity index (χ1v) is 6.10. The molecule has 0 bridgehead atoms. The number of aromatic nitrogens is 2. The molecule has 2 rings (SSSR count). The summed E-state index contributed by atoms with van der Waals surface area (Å²) in [4.78, 5) is 0. The molecule has 0 saturated carbocycles. The maximum absolute atomic E-state index is 5.43. The molecule has 0 atom stereocenters. The quantitative estimate of drug-likeness (QED) is 0.733. The van der Waals surface area contributed by atoms with Gasteiger partial charge in [-0.1, -0.05) is 12.0 Å². The van der Waals surface area contributed by atoms with Crippen molar-refractivity contribution in [2.45, 2.75) is 33.4 Å². The van der Waals surface area contributed by atoms with Crippen LogP contribution in [0.2, 0.25) is 0 Å². The van der Waals surface area contributed by atoms with Crippen LogP contribution in [0.5, 0.6) is 0 Å². The molecule has 0 aromatic carbocycles. The highest BCUT2D eigenvalue weighted by atomic mass is 16.4. The first-order chi connectivity index (χ1) is 8.78. The maximum atomic E-state index is 5.43. The molecule has 6 nitrogen and oxygen atoms in total.